The molecule has 1 aromatic carbocycles. The Balaban J connectivity index is 1.58. The van der Waals surface area contributed by atoms with Gasteiger partial charge in [-0.15, -0.1) is 0 Å². The van der Waals surface area contributed by atoms with E-state index in [4.69, 9.17) is 4.74 Å². The summed E-state index contributed by atoms with van der Waals surface area (Å²) in [4.78, 5) is 30.1. The Morgan fingerprint density at radius 3 is 2.74 bits per heavy atom. The number of carbonyl (C=O) groups excluding carboxylic acids is 2. The van der Waals surface area contributed by atoms with Crippen molar-refractivity contribution in [2.24, 2.45) is 10.9 Å². The zero-order valence-electron chi connectivity index (χ0n) is 20.9. The zero-order valence-corrected chi connectivity index (χ0v) is 20.9. The third-order valence-electron chi connectivity index (χ3n) is 7.29. The summed E-state index contributed by atoms with van der Waals surface area (Å²) in [6.07, 6.45) is 16.5. The first kappa shape index (κ1) is 25.1. The quantitative estimate of drug-likeness (QED) is 0.207. The Hall–Kier alpha value is -2.99. The number of nitrogens with one attached hydrogen (secondary N) is 1. The van der Waals surface area contributed by atoms with Gasteiger partial charge in [-0.3, -0.25) is 19.5 Å². The molecule has 0 spiro atoms. The molecule has 0 amide bonds. The summed E-state index contributed by atoms with van der Waals surface area (Å²) in [6.45, 7) is 2.77. The van der Waals surface area contributed by atoms with Crippen molar-refractivity contribution < 1.29 is 24.3 Å². The van der Waals surface area contributed by atoms with Crippen LogP contribution in [-0.2, 0) is 9.59 Å². The molecule has 6 heteroatoms. The largest absolute Gasteiger partial charge is 0.500 e. The second-order valence-corrected chi connectivity index (χ2v) is 9.80. The molecule has 35 heavy (non-hydrogen) atoms. The van der Waals surface area contributed by atoms with Gasteiger partial charge in [-0.05, 0) is 43.0 Å². The smallest absolute Gasteiger partial charge is 0.220 e. The molecule has 0 bridgehead atoms. The van der Waals surface area contributed by atoms with Gasteiger partial charge in [0, 0.05) is 24.6 Å². The van der Waals surface area contributed by atoms with Crippen molar-refractivity contribution in [2.45, 2.75) is 71.1 Å². The molecule has 4 rings (SSSR count). The standard InChI is InChI=1S/C29H36N2O4/c1-3-4-6-11-22(32)18-23(33)13-12-20-16-26(29(34)27(17-20)35-2)31-19-25-24(14-15-30-25)28(31)21-9-7-5-8-10-21/h12-17,21,34H,3-11,18-19H2,1-2H3/p+1. The number of fused-ring (bicyclic) bond motifs is 1. The van der Waals surface area contributed by atoms with Crippen LogP contribution < -0.4 is 9.64 Å². The molecule has 1 fully saturated rings. The fourth-order valence-corrected chi connectivity index (χ4v) is 5.49. The van der Waals surface area contributed by atoms with Gasteiger partial charge < -0.3 is 9.84 Å². The number of hydrogen-bond acceptors (Lipinski definition) is 5. The summed E-state index contributed by atoms with van der Waals surface area (Å²) in [6, 6.07) is 3.65. The normalized spacial score (nSPS) is 19.9. The van der Waals surface area contributed by atoms with Crippen LogP contribution in [0.25, 0.3) is 6.08 Å². The number of aliphatic imine (C=N–C) groups is 1. The minimum atomic E-state index is -0.201. The maximum absolute atomic E-state index is 12.4. The second kappa shape index (κ2) is 11.6. The van der Waals surface area contributed by atoms with Crippen molar-refractivity contribution >= 4 is 29.0 Å². The van der Waals surface area contributed by atoms with Crippen LogP contribution in [0.4, 0.5) is 5.69 Å². The van der Waals surface area contributed by atoms with Gasteiger partial charge in [0.25, 0.3) is 0 Å². The zero-order chi connectivity index (χ0) is 24.8. The third kappa shape index (κ3) is 5.81. The van der Waals surface area contributed by atoms with Crippen LogP contribution in [0.3, 0.4) is 0 Å². The molecule has 2 N–H and O–H groups in total. The number of ketones is 2. The van der Waals surface area contributed by atoms with Gasteiger partial charge in [0.15, 0.2) is 17.2 Å². The van der Waals surface area contributed by atoms with E-state index in [2.05, 4.69) is 18.0 Å². The number of nitrogens with zero attached hydrogens (tertiary/aromatic N) is 1. The number of benzene rings is 1. The van der Waals surface area contributed by atoms with Crippen molar-refractivity contribution in [3.05, 3.63) is 47.3 Å². The predicted molar refractivity (Wildman–Crippen MR) is 138 cm³/mol. The van der Waals surface area contributed by atoms with Gasteiger partial charge in [0.1, 0.15) is 23.7 Å². The first-order valence-corrected chi connectivity index (χ1v) is 13.0. The first-order valence-electron chi connectivity index (χ1n) is 13.0. The van der Waals surface area contributed by atoms with Crippen LogP contribution in [0.1, 0.15) is 76.7 Å². The second-order valence-electron chi connectivity index (χ2n) is 9.80. The first-order chi connectivity index (χ1) is 17.0. The Bertz CT molecular complexity index is 1090. The number of allylic oxidation sites excluding steroid dienone is 3. The molecule has 3 aliphatic rings. The van der Waals surface area contributed by atoms with E-state index in [1.165, 1.54) is 43.7 Å². The number of rotatable bonds is 11. The van der Waals surface area contributed by atoms with Crippen LogP contribution in [0.2, 0.25) is 0 Å². The van der Waals surface area contributed by atoms with Crippen molar-refractivity contribution in [3.8, 4) is 11.5 Å². The Kier molecular flexibility index (Phi) is 8.34. The van der Waals surface area contributed by atoms with E-state index in [9.17, 15) is 14.7 Å². The monoisotopic (exact) mass is 477 g/mol. The van der Waals surface area contributed by atoms with Gasteiger partial charge in [0.05, 0.1) is 19.1 Å². The highest BCUT2D eigenvalue weighted by molar-refractivity contribution is 6.08. The molecule has 6 nitrogen and oxygen atoms in total. The highest BCUT2D eigenvalue weighted by Crippen LogP contribution is 2.38. The van der Waals surface area contributed by atoms with Crippen LogP contribution in [0.15, 0.2) is 46.7 Å². The Morgan fingerprint density at radius 2 is 2.00 bits per heavy atom. The number of Topliss-reactive ketones (excluding diaryl/α,β-unsaturated/α-hetero) is 1. The average Bonchev–Trinajstić information content (AvgIpc) is 3.45. The maximum Gasteiger partial charge on any atom is 0.220 e. The van der Waals surface area contributed by atoms with E-state index in [1.807, 2.05) is 12.3 Å². The number of unbranched alkanes of at least 4 members (excludes halogenated alkanes) is 2. The molecule has 1 aromatic rings. The number of carbonyl (C=O) groups is 2. The average molecular weight is 478 g/mol. The van der Waals surface area contributed by atoms with Crippen LogP contribution in [-0.4, -0.2) is 36.0 Å². The number of methoxy groups -OCH3 is 1. The lowest BCUT2D eigenvalue weighted by Gasteiger charge is -2.27. The lowest BCUT2D eigenvalue weighted by molar-refractivity contribution is -0.780. The van der Waals surface area contributed by atoms with Gasteiger partial charge >= 0.3 is 0 Å². The summed E-state index contributed by atoms with van der Waals surface area (Å²) in [5, 5.41) is 11.1. The molecule has 1 unspecified atom stereocenters. The van der Waals surface area contributed by atoms with E-state index >= 15 is 0 Å². The topological polar surface area (TPSA) is 80.4 Å². The van der Waals surface area contributed by atoms with Crippen LogP contribution in [0, 0.1) is 5.92 Å². The molecule has 186 valence electrons. The summed E-state index contributed by atoms with van der Waals surface area (Å²) >= 11 is 0. The maximum atomic E-state index is 12.4. The van der Waals surface area contributed by atoms with Gasteiger partial charge in [0.2, 0.25) is 5.75 Å². The fourth-order valence-electron chi connectivity index (χ4n) is 5.49. The van der Waals surface area contributed by atoms with Crippen LogP contribution in [0.5, 0.6) is 11.5 Å². The van der Waals surface area contributed by atoms with Gasteiger partial charge in [-0.2, -0.15) is 0 Å². The third-order valence-corrected chi connectivity index (χ3v) is 7.29. The summed E-state index contributed by atoms with van der Waals surface area (Å²) < 4.78 is 5.49. The van der Waals surface area contributed by atoms with E-state index < -0.39 is 0 Å². The van der Waals surface area contributed by atoms with Crippen molar-refractivity contribution in [2.75, 3.05) is 13.7 Å². The number of aromatic hydroxyl groups is 1. The fraction of sp³-hybridized carbons (Fsp3) is 0.483. The summed E-state index contributed by atoms with van der Waals surface area (Å²) in [5.74, 6) is 0.750. The Morgan fingerprint density at radius 1 is 1.20 bits per heavy atom. The minimum Gasteiger partial charge on any atom is -0.500 e. The molecule has 2 aliphatic heterocycles. The molecule has 0 saturated heterocycles. The Labute approximate surface area is 208 Å². The number of phenolic OH excluding ortho intramolecular Hbond substituents is 1. The minimum absolute atomic E-state index is 0.0114. The number of phenols is 1. The number of quaternary nitrogens is 1. The van der Waals surface area contributed by atoms with Crippen molar-refractivity contribution in [3.63, 3.8) is 0 Å². The molecule has 1 aliphatic carbocycles. The van der Waals surface area contributed by atoms with Crippen LogP contribution >= 0.6 is 0 Å². The van der Waals surface area contributed by atoms with Crippen molar-refractivity contribution in [1.29, 1.82) is 0 Å². The number of ether oxygens (including phenoxy) is 1. The summed E-state index contributed by atoms with van der Waals surface area (Å²) in [5.41, 5.74) is 5.09. The van der Waals surface area contributed by atoms with E-state index in [0.29, 0.717) is 24.6 Å². The SMILES string of the molecule is CCCCCC(=O)CC(=O)C=Cc1cc(OC)c(O)c([NH+]2CC3=NC=CC3=C2C2CCCCC2)c1. The highest BCUT2D eigenvalue weighted by atomic mass is 16.5. The van der Waals surface area contributed by atoms with E-state index in [-0.39, 0.29) is 23.7 Å². The van der Waals surface area contributed by atoms with Gasteiger partial charge in [-0.25, -0.2) is 0 Å². The lowest BCUT2D eigenvalue weighted by atomic mass is 9.85. The number of hydrogen-bond donors (Lipinski definition) is 2. The van der Waals surface area contributed by atoms with E-state index in [0.717, 1.165) is 54.0 Å². The van der Waals surface area contributed by atoms with E-state index in [1.54, 1.807) is 12.1 Å². The van der Waals surface area contributed by atoms with Gasteiger partial charge in [-0.1, -0.05) is 45.1 Å². The van der Waals surface area contributed by atoms with Crippen molar-refractivity contribution in [1.82, 2.24) is 0 Å². The summed E-state index contributed by atoms with van der Waals surface area (Å²) in [7, 11) is 1.54. The predicted octanol–water partition coefficient (Wildman–Crippen LogP) is 4.86. The molecular weight excluding hydrogens is 440 g/mol. The molecule has 0 radical (unpaired) electrons. The molecule has 0 aromatic heterocycles. The molecular formula is C29H37N2O4+. The lowest BCUT2D eigenvalue weighted by Crippen LogP contribution is -3.05. The molecule has 1 atom stereocenters. The highest BCUT2D eigenvalue weighted by Gasteiger charge is 2.41. The molecule has 2 heterocycles. The molecule has 1 saturated carbocycles.